The normalized spacial score (nSPS) is 10.9. The number of carbonyl (C=O) groups is 1. The number of aryl methyl sites for hydroxylation is 2. The zero-order valence-electron chi connectivity index (χ0n) is 14.5. The van der Waals surface area contributed by atoms with Gasteiger partial charge in [0.1, 0.15) is 5.75 Å². The number of ether oxygens (including phenoxy) is 1. The predicted molar refractivity (Wildman–Crippen MR) is 107 cm³/mol. The highest BCUT2D eigenvalue weighted by atomic mass is 35.5. The molecule has 0 atom stereocenters. The van der Waals surface area contributed by atoms with Crippen LogP contribution in [0, 0.1) is 6.92 Å². The van der Waals surface area contributed by atoms with E-state index in [0.29, 0.717) is 16.5 Å². The number of benzene rings is 2. The minimum absolute atomic E-state index is 0.107. The second-order valence-corrected chi connectivity index (χ2v) is 7.37. The molecule has 1 heterocycles. The lowest BCUT2D eigenvalue weighted by Gasteiger charge is -2.12. The van der Waals surface area contributed by atoms with E-state index in [9.17, 15) is 4.79 Å². The molecule has 0 fully saturated rings. The van der Waals surface area contributed by atoms with Gasteiger partial charge in [0.2, 0.25) is 0 Å². The van der Waals surface area contributed by atoms with Crippen molar-refractivity contribution in [3.05, 3.63) is 57.4 Å². The maximum atomic E-state index is 13.0. The Hall–Kier alpha value is -2.04. The van der Waals surface area contributed by atoms with Gasteiger partial charge in [0.05, 0.1) is 17.7 Å². The number of thiophene rings is 1. The average Bonchev–Trinajstić information content (AvgIpc) is 2.97. The summed E-state index contributed by atoms with van der Waals surface area (Å²) in [4.78, 5) is 13.7. The number of hydrogen-bond acceptors (Lipinski definition) is 3. The van der Waals surface area contributed by atoms with Gasteiger partial charge in [0, 0.05) is 15.8 Å². The van der Waals surface area contributed by atoms with Crippen molar-refractivity contribution in [1.82, 2.24) is 0 Å². The van der Waals surface area contributed by atoms with Crippen LogP contribution in [-0.2, 0) is 6.42 Å². The Morgan fingerprint density at radius 2 is 2.04 bits per heavy atom. The van der Waals surface area contributed by atoms with Crippen molar-refractivity contribution < 1.29 is 9.53 Å². The average molecular weight is 374 g/mol. The van der Waals surface area contributed by atoms with E-state index in [-0.39, 0.29) is 5.91 Å². The molecule has 1 aromatic heterocycles. The fraction of sp³-hybridized carbons (Fsp3) is 0.250. The zero-order valence-corrected chi connectivity index (χ0v) is 16.1. The molecule has 0 unspecified atom stereocenters. The maximum absolute atomic E-state index is 13.0. The van der Waals surface area contributed by atoms with Gasteiger partial charge in [-0.1, -0.05) is 43.1 Å². The number of halogens is 1. The van der Waals surface area contributed by atoms with Gasteiger partial charge < -0.3 is 10.1 Å². The number of amides is 1. The van der Waals surface area contributed by atoms with Crippen LogP contribution in [0.4, 0.5) is 5.69 Å². The Labute approximate surface area is 156 Å². The summed E-state index contributed by atoms with van der Waals surface area (Å²) in [5.74, 6) is 0.451. The lowest BCUT2D eigenvalue weighted by Crippen LogP contribution is -2.13. The Morgan fingerprint density at radius 1 is 1.28 bits per heavy atom. The Kier molecular flexibility index (Phi) is 5.30. The van der Waals surface area contributed by atoms with E-state index in [4.69, 9.17) is 16.3 Å². The molecule has 5 heteroatoms. The van der Waals surface area contributed by atoms with Crippen molar-refractivity contribution in [1.29, 1.82) is 0 Å². The third kappa shape index (κ3) is 3.51. The number of methoxy groups -OCH3 is 1. The first-order valence-electron chi connectivity index (χ1n) is 8.21. The third-order valence-corrected chi connectivity index (χ3v) is 5.75. The number of rotatable bonds is 5. The molecule has 3 rings (SSSR count). The summed E-state index contributed by atoms with van der Waals surface area (Å²) >= 11 is 7.68. The van der Waals surface area contributed by atoms with E-state index in [2.05, 4.69) is 24.4 Å². The summed E-state index contributed by atoms with van der Waals surface area (Å²) in [5, 5.41) is 4.77. The SMILES string of the molecule is CCCc1c(C(=O)Nc2cc(C)c(Cl)cc2OC)sc2ccccc12. The second kappa shape index (κ2) is 7.46. The molecule has 130 valence electrons. The Bertz CT molecular complexity index is 933. The van der Waals surface area contributed by atoms with E-state index >= 15 is 0 Å². The summed E-state index contributed by atoms with van der Waals surface area (Å²) in [6.45, 7) is 4.03. The van der Waals surface area contributed by atoms with Crippen molar-refractivity contribution in [2.45, 2.75) is 26.7 Å². The molecule has 0 radical (unpaired) electrons. The van der Waals surface area contributed by atoms with Crippen LogP contribution in [0.15, 0.2) is 36.4 Å². The molecule has 0 saturated carbocycles. The van der Waals surface area contributed by atoms with E-state index in [1.165, 1.54) is 16.7 Å². The largest absolute Gasteiger partial charge is 0.495 e. The smallest absolute Gasteiger partial charge is 0.266 e. The summed E-state index contributed by atoms with van der Waals surface area (Å²) < 4.78 is 6.49. The van der Waals surface area contributed by atoms with Crippen molar-refractivity contribution in [2.75, 3.05) is 12.4 Å². The summed E-state index contributed by atoms with van der Waals surface area (Å²) in [6, 6.07) is 11.7. The van der Waals surface area contributed by atoms with Crippen molar-refractivity contribution in [3.63, 3.8) is 0 Å². The van der Waals surface area contributed by atoms with Crippen LogP contribution >= 0.6 is 22.9 Å². The van der Waals surface area contributed by atoms with Crippen molar-refractivity contribution in [3.8, 4) is 5.75 Å². The quantitative estimate of drug-likeness (QED) is 0.588. The topological polar surface area (TPSA) is 38.3 Å². The molecule has 2 aromatic carbocycles. The number of nitrogens with one attached hydrogen (secondary N) is 1. The summed E-state index contributed by atoms with van der Waals surface area (Å²) in [5.41, 5.74) is 2.64. The second-order valence-electron chi connectivity index (χ2n) is 5.91. The fourth-order valence-electron chi connectivity index (χ4n) is 2.89. The number of anilines is 1. The highest BCUT2D eigenvalue weighted by Gasteiger charge is 2.19. The van der Waals surface area contributed by atoms with E-state index in [1.54, 1.807) is 13.2 Å². The molecule has 3 nitrogen and oxygen atoms in total. The van der Waals surface area contributed by atoms with Crippen LogP contribution in [0.25, 0.3) is 10.1 Å². The van der Waals surface area contributed by atoms with Crippen molar-refractivity contribution in [2.24, 2.45) is 0 Å². The lowest BCUT2D eigenvalue weighted by atomic mass is 10.1. The van der Waals surface area contributed by atoms with Gasteiger partial charge in [0.15, 0.2) is 0 Å². The van der Waals surface area contributed by atoms with Crippen LogP contribution in [-0.4, -0.2) is 13.0 Å². The van der Waals surface area contributed by atoms with Gasteiger partial charge in [-0.05, 0) is 42.0 Å². The molecule has 25 heavy (non-hydrogen) atoms. The van der Waals surface area contributed by atoms with Crippen LogP contribution in [0.5, 0.6) is 5.75 Å². The van der Waals surface area contributed by atoms with Gasteiger partial charge in [-0.2, -0.15) is 0 Å². The van der Waals surface area contributed by atoms with Crippen LogP contribution < -0.4 is 10.1 Å². The number of hydrogen-bond donors (Lipinski definition) is 1. The van der Waals surface area contributed by atoms with Crippen LogP contribution in [0.3, 0.4) is 0 Å². The molecule has 3 aromatic rings. The third-order valence-electron chi connectivity index (χ3n) is 4.13. The van der Waals surface area contributed by atoms with Gasteiger partial charge in [-0.3, -0.25) is 4.79 Å². The summed E-state index contributed by atoms with van der Waals surface area (Å²) in [7, 11) is 1.57. The number of fused-ring (bicyclic) bond motifs is 1. The monoisotopic (exact) mass is 373 g/mol. The van der Waals surface area contributed by atoms with E-state index < -0.39 is 0 Å². The molecule has 0 aliphatic carbocycles. The molecule has 0 aliphatic rings. The first kappa shape index (κ1) is 17.8. The Balaban J connectivity index is 2.01. The van der Waals surface area contributed by atoms with Gasteiger partial charge in [-0.15, -0.1) is 11.3 Å². The number of carbonyl (C=O) groups excluding carboxylic acids is 1. The molecule has 0 spiro atoms. The minimum Gasteiger partial charge on any atom is -0.495 e. The maximum Gasteiger partial charge on any atom is 0.266 e. The highest BCUT2D eigenvalue weighted by molar-refractivity contribution is 7.21. The fourth-order valence-corrected chi connectivity index (χ4v) is 4.19. The van der Waals surface area contributed by atoms with Gasteiger partial charge >= 0.3 is 0 Å². The highest BCUT2D eigenvalue weighted by Crippen LogP contribution is 2.35. The molecular weight excluding hydrogens is 354 g/mol. The Morgan fingerprint density at radius 3 is 2.76 bits per heavy atom. The standard InChI is InChI=1S/C20H20ClNO2S/c1-4-7-14-13-8-5-6-9-18(13)25-19(14)20(23)22-16-10-12(2)15(21)11-17(16)24-3/h5-6,8-11H,4,7H2,1-3H3,(H,22,23). The van der Waals surface area contributed by atoms with E-state index in [0.717, 1.165) is 33.5 Å². The zero-order chi connectivity index (χ0) is 18.0. The molecule has 0 aliphatic heterocycles. The first-order chi connectivity index (χ1) is 12.0. The minimum atomic E-state index is -0.107. The molecule has 1 N–H and O–H groups in total. The van der Waals surface area contributed by atoms with Crippen LogP contribution in [0.1, 0.15) is 34.1 Å². The molecule has 1 amide bonds. The summed E-state index contributed by atoms with van der Waals surface area (Å²) in [6.07, 6.45) is 1.87. The van der Waals surface area contributed by atoms with Gasteiger partial charge in [0.25, 0.3) is 5.91 Å². The molecular formula is C20H20ClNO2S. The van der Waals surface area contributed by atoms with E-state index in [1.807, 2.05) is 25.1 Å². The van der Waals surface area contributed by atoms with Crippen molar-refractivity contribution >= 4 is 44.6 Å². The van der Waals surface area contributed by atoms with Gasteiger partial charge in [-0.25, -0.2) is 0 Å². The first-order valence-corrected chi connectivity index (χ1v) is 9.40. The molecule has 0 bridgehead atoms. The molecule has 0 saturated heterocycles. The predicted octanol–water partition coefficient (Wildman–Crippen LogP) is 6.08. The van der Waals surface area contributed by atoms with Crippen LogP contribution in [0.2, 0.25) is 5.02 Å². The lowest BCUT2D eigenvalue weighted by molar-refractivity contribution is 0.102.